The SMILES string of the molecule is Nc1cccc(CCc2ncc3ccccn23)c1. The number of hydrogen-bond acceptors (Lipinski definition) is 2. The van der Waals surface area contributed by atoms with E-state index in [1.54, 1.807) is 0 Å². The van der Waals surface area contributed by atoms with Gasteiger partial charge in [-0.3, -0.25) is 0 Å². The van der Waals surface area contributed by atoms with E-state index in [1.807, 2.05) is 36.5 Å². The first-order valence-corrected chi connectivity index (χ1v) is 6.08. The van der Waals surface area contributed by atoms with Gasteiger partial charge >= 0.3 is 0 Å². The number of benzene rings is 1. The van der Waals surface area contributed by atoms with Crippen molar-refractivity contribution >= 4 is 11.2 Å². The Morgan fingerprint density at radius 3 is 2.89 bits per heavy atom. The van der Waals surface area contributed by atoms with Crippen molar-refractivity contribution in [2.24, 2.45) is 0 Å². The summed E-state index contributed by atoms with van der Waals surface area (Å²) >= 11 is 0. The van der Waals surface area contributed by atoms with E-state index in [9.17, 15) is 0 Å². The van der Waals surface area contributed by atoms with E-state index in [2.05, 4.69) is 27.7 Å². The predicted octanol–water partition coefficient (Wildman–Crippen LogP) is 2.70. The molecule has 3 nitrogen and oxygen atoms in total. The largest absolute Gasteiger partial charge is 0.399 e. The molecule has 0 atom stereocenters. The molecule has 90 valence electrons. The lowest BCUT2D eigenvalue weighted by Crippen LogP contribution is -1.98. The normalized spacial score (nSPS) is 10.9. The van der Waals surface area contributed by atoms with Crippen LogP contribution >= 0.6 is 0 Å². The quantitative estimate of drug-likeness (QED) is 0.712. The third kappa shape index (κ3) is 2.07. The van der Waals surface area contributed by atoms with Crippen molar-refractivity contribution in [2.45, 2.75) is 12.8 Å². The Balaban J connectivity index is 1.81. The molecule has 0 aliphatic carbocycles. The number of nitrogen functional groups attached to an aromatic ring is 1. The molecule has 1 aromatic carbocycles. The summed E-state index contributed by atoms with van der Waals surface area (Å²) in [6.07, 6.45) is 5.84. The van der Waals surface area contributed by atoms with Crippen molar-refractivity contribution < 1.29 is 0 Å². The summed E-state index contributed by atoms with van der Waals surface area (Å²) < 4.78 is 2.13. The van der Waals surface area contributed by atoms with Gasteiger partial charge in [0.25, 0.3) is 0 Å². The molecule has 0 fully saturated rings. The van der Waals surface area contributed by atoms with Crippen LogP contribution in [0.1, 0.15) is 11.4 Å². The topological polar surface area (TPSA) is 43.3 Å². The molecule has 0 saturated heterocycles. The third-order valence-corrected chi connectivity index (χ3v) is 3.10. The lowest BCUT2D eigenvalue weighted by atomic mass is 10.1. The maximum atomic E-state index is 5.78. The van der Waals surface area contributed by atoms with E-state index in [0.717, 1.165) is 29.9 Å². The van der Waals surface area contributed by atoms with Gasteiger partial charge in [0.1, 0.15) is 5.82 Å². The summed E-state index contributed by atoms with van der Waals surface area (Å²) in [4.78, 5) is 4.46. The minimum atomic E-state index is 0.820. The van der Waals surface area contributed by atoms with Crippen LogP contribution in [0.2, 0.25) is 0 Å². The zero-order valence-electron chi connectivity index (χ0n) is 10.1. The van der Waals surface area contributed by atoms with E-state index in [-0.39, 0.29) is 0 Å². The molecule has 3 rings (SSSR count). The molecular formula is C15H15N3. The predicted molar refractivity (Wildman–Crippen MR) is 73.5 cm³/mol. The Morgan fingerprint density at radius 2 is 2.00 bits per heavy atom. The van der Waals surface area contributed by atoms with Crippen LogP contribution in [0.4, 0.5) is 5.69 Å². The van der Waals surface area contributed by atoms with Crippen LogP contribution in [0.25, 0.3) is 5.52 Å². The van der Waals surface area contributed by atoms with Gasteiger partial charge in [0, 0.05) is 18.3 Å². The Hall–Kier alpha value is -2.29. The molecule has 0 radical (unpaired) electrons. The van der Waals surface area contributed by atoms with Gasteiger partial charge in [0.2, 0.25) is 0 Å². The summed E-state index contributed by atoms with van der Waals surface area (Å²) in [5.74, 6) is 1.09. The number of rotatable bonds is 3. The first-order chi connectivity index (χ1) is 8.83. The minimum Gasteiger partial charge on any atom is -0.399 e. The number of nitrogens with zero attached hydrogens (tertiary/aromatic N) is 2. The summed E-state index contributed by atoms with van der Waals surface area (Å²) in [7, 11) is 0. The molecule has 0 saturated carbocycles. The van der Waals surface area contributed by atoms with Gasteiger partial charge in [-0.25, -0.2) is 4.98 Å². The number of aryl methyl sites for hydroxylation is 2. The average Bonchev–Trinajstić information content (AvgIpc) is 2.80. The molecule has 0 amide bonds. The first kappa shape index (κ1) is 10.8. The van der Waals surface area contributed by atoms with Crippen LogP contribution in [0.5, 0.6) is 0 Å². The highest BCUT2D eigenvalue weighted by atomic mass is 15.0. The highest BCUT2D eigenvalue weighted by Crippen LogP contribution is 2.12. The summed E-state index contributed by atoms with van der Waals surface area (Å²) in [5.41, 5.74) is 8.99. The van der Waals surface area contributed by atoms with Gasteiger partial charge < -0.3 is 10.1 Å². The number of pyridine rings is 1. The van der Waals surface area contributed by atoms with Gasteiger partial charge in [-0.05, 0) is 36.2 Å². The summed E-state index contributed by atoms with van der Waals surface area (Å²) in [5, 5.41) is 0. The van der Waals surface area contributed by atoms with Gasteiger partial charge in [0.15, 0.2) is 0 Å². The maximum Gasteiger partial charge on any atom is 0.113 e. The standard InChI is InChI=1S/C15H15N3/c16-13-5-3-4-12(10-13)7-8-15-17-11-14-6-1-2-9-18(14)15/h1-6,9-11H,7-8,16H2. The number of nitrogens with two attached hydrogens (primary N) is 1. The van der Waals surface area contributed by atoms with Crippen LogP contribution in [-0.2, 0) is 12.8 Å². The van der Waals surface area contributed by atoms with Gasteiger partial charge in [-0.1, -0.05) is 18.2 Å². The fourth-order valence-corrected chi connectivity index (χ4v) is 2.19. The molecule has 3 heteroatoms. The number of hydrogen-bond donors (Lipinski definition) is 1. The number of aromatic nitrogens is 2. The van der Waals surface area contributed by atoms with Crippen LogP contribution in [-0.4, -0.2) is 9.38 Å². The van der Waals surface area contributed by atoms with E-state index in [0.29, 0.717) is 0 Å². The monoisotopic (exact) mass is 237 g/mol. The molecule has 0 unspecified atom stereocenters. The number of anilines is 1. The number of imidazole rings is 1. The molecule has 2 aromatic heterocycles. The highest BCUT2D eigenvalue weighted by molar-refractivity contribution is 5.45. The van der Waals surface area contributed by atoms with Gasteiger partial charge in [-0.2, -0.15) is 0 Å². The molecule has 0 bridgehead atoms. The van der Waals surface area contributed by atoms with E-state index in [4.69, 9.17) is 5.73 Å². The molecule has 18 heavy (non-hydrogen) atoms. The van der Waals surface area contributed by atoms with Crippen molar-refractivity contribution in [1.82, 2.24) is 9.38 Å². The van der Waals surface area contributed by atoms with E-state index >= 15 is 0 Å². The van der Waals surface area contributed by atoms with Crippen LogP contribution in [0, 0.1) is 0 Å². The van der Waals surface area contributed by atoms with Crippen molar-refractivity contribution in [3.05, 3.63) is 66.2 Å². The molecule has 3 aromatic rings. The smallest absolute Gasteiger partial charge is 0.113 e. The van der Waals surface area contributed by atoms with E-state index in [1.165, 1.54) is 5.56 Å². The van der Waals surface area contributed by atoms with Crippen LogP contribution in [0.15, 0.2) is 54.9 Å². The zero-order chi connectivity index (χ0) is 12.4. The molecule has 0 aliphatic heterocycles. The fourth-order valence-electron chi connectivity index (χ4n) is 2.19. The maximum absolute atomic E-state index is 5.78. The Morgan fingerprint density at radius 1 is 1.06 bits per heavy atom. The first-order valence-electron chi connectivity index (χ1n) is 6.08. The Kier molecular flexibility index (Phi) is 2.73. The van der Waals surface area contributed by atoms with Crippen molar-refractivity contribution in [3.63, 3.8) is 0 Å². The van der Waals surface area contributed by atoms with Crippen molar-refractivity contribution in [2.75, 3.05) is 5.73 Å². The third-order valence-electron chi connectivity index (χ3n) is 3.10. The van der Waals surface area contributed by atoms with E-state index < -0.39 is 0 Å². The molecule has 2 N–H and O–H groups in total. The summed E-state index contributed by atoms with van der Waals surface area (Å²) in [6.45, 7) is 0. The van der Waals surface area contributed by atoms with Gasteiger partial charge in [-0.15, -0.1) is 0 Å². The molecule has 0 aliphatic rings. The Labute approximate surface area is 106 Å². The number of fused-ring (bicyclic) bond motifs is 1. The van der Waals surface area contributed by atoms with Gasteiger partial charge in [0.05, 0.1) is 11.7 Å². The molecule has 2 heterocycles. The lowest BCUT2D eigenvalue weighted by Gasteiger charge is -2.03. The lowest BCUT2D eigenvalue weighted by molar-refractivity contribution is 0.854. The molecular weight excluding hydrogens is 222 g/mol. The highest BCUT2D eigenvalue weighted by Gasteiger charge is 2.03. The van der Waals surface area contributed by atoms with Crippen molar-refractivity contribution in [1.29, 1.82) is 0 Å². The fraction of sp³-hybridized carbons (Fsp3) is 0.133. The molecule has 0 spiro atoms. The summed E-state index contributed by atoms with van der Waals surface area (Å²) in [6, 6.07) is 14.2. The second-order valence-electron chi connectivity index (χ2n) is 4.41. The Bertz CT molecular complexity index is 670. The minimum absolute atomic E-state index is 0.820. The average molecular weight is 237 g/mol. The van der Waals surface area contributed by atoms with Crippen LogP contribution in [0.3, 0.4) is 0 Å². The second kappa shape index (κ2) is 4.53. The zero-order valence-corrected chi connectivity index (χ0v) is 10.1. The second-order valence-corrected chi connectivity index (χ2v) is 4.41. The van der Waals surface area contributed by atoms with Crippen LogP contribution < -0.4 is 5.73 Å². The van der Waals surface area contributed by atoms with Crippen molar-refractivity contribution in [3.8, 4) is 0 Å².